The minimum absolute atomic E-state index is 0.184. The zero-order chi connectivity index (χ0) is 22.7. The van der Waals surface area contributed by atoms with Crippen molar-refractivity contribution >= 4 is 28.4 Å². The Morgan fingerprint density at radius 3 is 2.28 bits per heavy atom. The topological polar surface area (TPSA) is 74.3 Å². The molecule has 3 aromatic rings. The van der Waals surface area contributed by atoms with E-state index in [4.69, 9.17) is 18.9 Å². The van der Waals surface area contributed by atoms with Crippen LogP contribution < -0.4 is 14.4 Å². The van der Waals surface area contributed by atoms with E-state index in [0.717, 1.165) is 10.8 Å². The molecule has 0 spiro atoms. The van der Waals surface area contributed by atoms with Crippen LogP contribution in [0.1, 0.15) is 25.5 Å². The Bertz CT molecular complexity index is 1130. The Balaban J connectivity index is 1.95. The number of benzene rings is 3. The maximum absolute atomic E-state index is 13.3. The van der Waals surface area contributed by atoms with Gasteiger partial charge in [0.25, 0.3) is 6.23 Å². The Morgan fingerprint density at radius 2 is 1.59 bits per heavy atom. The van der Waals surface area contributed by atoms with Gasteiger partial charge in [0.2, 0.25) is 0 Å². The molecule has 7 heteroatoms. The van der Waals surface area contributed by atoms with Gasteiger partial charge in [-0.25, -0.2) is 9.59 Å². The van der Waals surface area contributed by atoms with Crippen LogP contribution in [0.4, 0.5) is 5.69 Å². The molecule has 32 heavy (non-hydrogen) atoms. The summed E-state index contributed by atoms with van der Waals surface area (Å²) in [6.07, 6.45) is -1.16. The highest BCUT2D eigenvalue weighted by molar-refractivity contribution is 5.97. The molecule has 4 rings (SSSR count). The summed E-state index contributed by atoms with van der Waals surface area (Å²) >= 11 is 0. The number of hydrogen-bond acceptors (Lipinski definition) is 7. The summed E-state index contributed by atoms with van der Waals surface area (Å²) in [6, 6.07) is 17.6. The molecule has 0 N–H and O–H groups in total. The fraction of sp³-hybridized carbons (Fsp3) is 0.280. The second-order valence-electron chi connectivity index (χ2n) is 7.18. The van der Waals surface area contributed by atoms with Crippen LogP contribution in [0.25, 0.3) is 10.8 Å². The fourth-order valence-electron chi connectivity index (χ4n) is 3.98. The lowest BCUT2D eigenvalue weighted by Crippen LogP contribution is -2.53. The molecule has 0 fully saturated rings. The normalized spacial score (nSPS) is 17.3. The molecular weight excluding hydrogens is 410 g/mol. The molecule has 3 aromatic carbocycles. The highest BCUT2D eigenvalue weighted by Crippen LogP contribution is 2.44. The van der Waals surface area contributed by atoms with Crippen molar-refractivity contribution < 1.29 is 28.5 Å². The zero-order valence-electron chi connectivity index (χ0n) is 18.2. The first-order valence-electron chi connectivity index (χ1n) is 10.5. The van der Waals surface area contributed by atoms with Gasteiger partial charge in [-0.3, -0.25) is 0 Å². The number of esters is 2. The van der Waals surface area contributed by atoms with Crippen molar-refractivity contribution in [3.8, 4) is 11.5 Å². The molecule has 2 atom stereocenters. The molecular formula is C25H25NO6. The van der Waals surface area contributed by atoms with Gasteiger partial charge in [0.15, 0.2) is 6.04 Å². The minimum Gasteiger partial charge on any atom is -0.497 e. The maximum Gasteiger partial charge on any atom is 0.369 e. The highest BCUT2D eigenvalue weighted by atomic mass is 16.6. The number of hydrogen-bond donors (Lipinski definition) is 0. The molecule has 1 aliphatic rings. The molecule has 166 valence electrons. The molecule has 0 saturated heterocycles. The van der Waals surface area contributed by atoms with Crippen molar-refractivity contribution in [2.24, 2.45) is 0 Å². The molecule has 1 heterocycles. The van der Waals surface area contributed by atoms with E-state index < -0.39 is 24.2 Å². The molecule has 0 aliphatic carbocycles. The molecule has 0 aromatic heterocycles. The molecule has 0 bridgehead atoms. The largest absolute Gasteiger partial charge is 0.497 e. The molecule has 0 radical (unpaired) electrons. The SMILES string of the molecule is CCOC(=O)C1c2c(ccc3ccccc23)O[C@@H](C(=O)OCC)N1c1ccc(OC)cc1. The number of anilines is 1. The van der Waals surface area contributed by atoms with Gasteiger partial charge in [-0.05, 0) is 55.0 Å². The van der Waals surface area contributed by atoms with Crippen LogP contribution >= 0.6 is 0 Å². The third-order valence-electron chi connectivity index (χ3n) is 5.34. The Kier molecular flexibility index (Phi) is 6.16. The van der Waals surface area contributed by atoms with Gasteiger partial charge < -0.3 is 23.8 Å². The number of rotatable bonds is 6. The first-order chi connectivity index (χ1) is 15.6. The average Bonchev–Trinajstić information content (AvgIpc) is 2.83. The molecule has 0 amide bonds. The number of methoxy groups -OCH3 is 1. The van der Waals surface area contributed by atoms with Crippen molar-refractivity contribution in [1.82, 2.24) is 0 Å². The van der Waals surface area contributed by atoms with E-state index >= 15 is 0 Å². The quantitative estimate of drug-likeness (QED) is 0.536. The van der Waals surface area contributed by atoms with Crippen molar-refractivity contribution in [1.29, 1.82) is 0 Å². The summed E-state index contributed by atoms with van der Waals surface area (Å²) in [5.41, 5.74) is 1.25. The van der Waals surface area contributed by atoms with Crippen molar-refractivity contribution in [2.45, 2.75) is 26.1 Å². The van der Waals surface area contributed by atoms with Gasteiger partial charge in [0.05, 0.1) is 20.3 Å². The highest BCUT2D eigenvalue weighted by Gasteiger charge is 2.46. The number of carbonyl (C=O) groups is 2. The summed E-state index contributed by atoms with van der Waals surface area (Å²) in [5, 5.41) is 1.80. The monoisotopic (exact) mass is 435 g/mol. The van der Waals surface area contributed by atoms with Crippen molar-refractivity contribution in [2.75, 3.05) is 25.2 Å². The lowest BCUT2D eigenvalue weighted by molar-refractivity contribution is -0.154. The predicted octanol–water partition coefficient (Wildman–Crippen LogP) is 4.24. The standard InChI is InChI=1S/C25H25NO6/c1-4-30-24(27)22-21-19-9-7-6-8-16(19)10-15-20(21)32-23(25(28)31-5-2)26(22)17-11-13-18(29-3)14-12-17/h6-15,22-23H,4-5H2,1-3H3/t22?,23-/m0/s1. The Morgan fingerprint density at radius 1 is 0.906 bits per heavy atom. The van der Waals surface area contributed by atoms with Gasteiger partial charge >= 0.3 is 11.9 Å². The smallest absolute Gasteiger partial charge is 0.369 e. The zero-order valence-corrected chi connectivity index (χ0v) is 18.2. The summed E-state index contributed by atoms with van der Waals surface area (Å²) in [7, 11) is 1.57. The lowest BCUT2D eigenvalue weighted by atomic mass is 9.94. The van der Waals surface area contributed by atoms with E-state index in [9.17, 15) is 9.59 Å². The number of nitrogens with zero attached hydrogens (tertiary/aromatic N) is 1. The van der Waals surface area contributed by atoms with E-state index in [1.54, 1.807) is 56.2 Å². The Hall–Kier alpha value is -3.74. The van der Waals surface area contributed by atoms with Crippen LogP contribution in [-0.2, 0) is 19.1 Å². The van der Waals surface area contributed by atoms with Gasteiger partial charge in [0.1, 0.15) is 11.5 Å². The van der Waals surface area contributed by atoms with Gasteiger partial charge in [-0.2, -0.15) is 0 Å². The Labute approximate surface area is 186 Å². The van der Waals surface area contributed by atoms with Crippen LogP contribution in [0.5, 0.6) is 11.5 Å². The summed E-state index contributed by atoms with van der Waals surface area (Å²) in [5.74, 6) is 0.0393. The second-order valence-corrected chi connectivity index (χ2v) is 7.18. The van der Waals surface area contributed by atoms with Crippen LogP contribution in [0, 0.1) is 0 Å². The molecule has 1 aliphatic heterocycles. The first kappa shape index (κ1) is 21.5. The van der Waals surface area contributed by atoms with Gasteiger partial charge in [-0.15, -0.1) is 0 Å². The number of carbonyl (C=O) groups excluding carboxylic acids is 2. The number of ether oxygens (including phenoxy) is 4. The molecule has 7 nitrogen and oxygen atoms in total. The predicted molar refractivity (Wildman–Crippen MR) is 120 cm³/mol. The summed E-state index contributed by atoms with van der Waals surface area (Å²) < 4.78 is 22.2. The second kappa shape index (κ2) is 9.18. The van der Waals surface area contributed by atoms with Crippen LogP contribution in [0.3, 0.4) is 0 Å². The van der Waals surface area contributed by atoms with Crippen LogP contribution in [-0.4, -0.2) is 38.5 Å². The first-order valence-corrected chi connectivity index (χ1v) is 10.5. The van der Waals surface area contributed by atoms with Crippen LogP contribution in [0.15, 0.2) is 60.7 Å². The van der Waals surface area contributed by atoms with Crippen molar-refractivity contribution in [3.05, 3.63) is 66.2 Å². The van der Waals surface area contributed by atoms with Crippen molar-refractivity contribution in [3.63, 3.8) is 0 Å². The summed E-state index contributed by atoms with van der Waals surface area (Å²) in [6.45, 7) is 3.87. The summed E-state index contributed by atoms with van der Waals surface area (Å²) in [4.78, 5) is 27.9. The maximum atomic E-state index is 13.3. The number of fused-ring (bicyclic) bond motifs is 3. The van der Waals surface area contributed by atoms with Crippen LogP contribution in [0.2, 0.25) is 0 Å². The fourth-order valence-corrected chi connectivity index (χ4v) is 3.98. The van der Waals surface area contributed by atoms with E-state index in [2.05, 4.69) is 0 Å². The van der Waals surface area contributed by atoms with Gasteiger partial charge in [0, 0.05) is 11.3 Å². The third kappa shape index (κ3) is 3.82. The molecule has 0 saturated carbocycles. The van der Waals surface area contributed by atoms with E-state index in [-0.39, 0.29) is 13.2 Å². The third-order valence-corrected chi connectivity index (χ3v) is 5.34. The van der Waals surface area contributed by atoms with Gasteiger partial charge in [-0.1, -0.05) is 30.3 Å². The lowest BCUT2D eigenvalue weighted by Gasteiger charge is -2.42. The minimum atomic E-state index is -1.16. The average molecular weight is 435 g/mol. The van der Waals surface area contributed by atoms with E-state index in [0.29, 0.717) is 22.7 Å². The molecule has 1 unspecified atom stereocenters. The van der Waals surface area contributed by atoms with E-state index in [1.165, 1.54) is 0 Å². The van der Waals surface area contributed by atoms with E-state index in [1.807, 2.05) is 30.3 Å².